The summed E-state index contributed by atoms with van der Waals surface area (Å²) in [4.78, 5) is 38.1. The van der Waals surface area contributed by atoms with Crippen LogP contribution in [0.15, 0.2) is 97.2 Å². The molecule has 448 valence electrons. The summed E-state index contributed by atoms with van der Waals surface area (Å²) in [6, 6.07) is 0. The Morgan fingerprint density at radius 1 is 0.269 bits per heavy atom. The summed E-state index contributed by atoms with van der Waals surface area (Å²) >= 11 is 0. The first-order valence-corrected chi connectivity index (χ1v) is 33.2. The van der Waals surface area contributed by atoms with Crippen molar-refractivity contribution in [1.82, 2.24) is 0 Å². The van der Waals surface area contributed by atoms with Crippen LogP contribution in [0.3, 0.4) is 0 Å². The SMILES string of the molecule is CC/C=C\C/C=C\C/C=C\C/C=C\C/C=C\CCCCCCCCCCCCCCCC(=O)OCC(COC(=O)CCCCCCCC)OC(=O)CCCCCCCCCCCC/C=C\C/C=C\C/C=C\CCCCCCC. The minimum Gasteiger partial charge on any atom is -0.462 e. The van der Waals surface area contributed by atoms with E-state index in [-0.39, 0.29) is 31.1 Å². The molecule has 0 aromatic heterocycles. The molecule has 0 aromatic rings. The van der Waals surface area contributed by atoms with Crippen LogP contribution in [-0.4, -0.2) is 37.2 Å². The molecule has 1 atom stereocenters. The van der Waals surface area contributed by atoms with Gasteiger partial charge in [0, 0.05) is 19.3 Å². The van der Waals surface area contributed by atoms with Crippen molar-refractivity contribution in [2.24, 2.45) is 0 Å². The van der Waals surface area contributed by atoms with Gasteiger partial charge in [-0.2, -0.15) is 0 Å². The van der Waals surface area contributed by atoms with E-state index in [0.29, 0.717) is 19.3 Å². The van der Waals surface area contributed by atoms with E-state index < -0.39 is 6.10 Å². The molecule has 0 aromatic carbocycles. The van der Waals surface area contributed by atoms with Crippen LogP contribution in [0, 0.1) is 0 Å². The van der Waals surface area contributed by atoms with Crippen molar-refractivity contribution in [3.63, 3.8) is 0 Å². The molecule has 0 rings (SSSR count). The number of ether oxygens (including phenoxy) is 3. The van der Waals surface area contributed by atoms with E-state index in [0.717, 1.165) is 103 Å². The number of carbonyl (C=O) groups is 3. The van der Waals surface area contributed by atoms with Gasteiger partial charge in [0.15, 0.2) is 6.10 Å². The van der Waals surface area contributed by atoms with Crippen molar-refractivity contribution in [3.05, 3.63) is 97.2 Å². The second-order valence-corrected chi connectivity index (χ2v) is 22.0. The van der Waals surface area contributed by atoms with E-state index in [4.69, 9.17) is 14.2 Å². The van der Waals surface area contributed by atoms with Gasteiger partial charge in [-0.15, -0.1) is 0 Å². The summed E-state index contributed by atoms with van der Waals surface area (Å²) in [5, 5.41) is 0. The summed E-state index contributed by atoms with van der Waals surface area (Å²) < 4.78 is 16.8. The molecule has 0 bridgehead atoms. The van der Waals surface area contributed by atoms with Gasteiger partial charge in [-0.05, 0) is 103 Å². The molecule has 78 heavy (non-hydrogen) atoms. The zero-order valence-corrected chi connectivity index (χ0v) is 51.4. The molecule has 6 heteroatoms. The number of hydrogen-bond acceptors (Lipinski definition) is 6. The van der Waals surface area contributed by atoms with Crippen LogP contribution in [0.2, 0.25) is 0 Å². The van der Waals surface area contributed by atoms with Gasteiger partial charge in [0.1, 0.15) is 13.2 Å². The first kappa shape index (κ1) is 74.3. The van der Waals surface area contributed by atoms with Crippen LogP contribution in [0.5, 0.6) is 0 Å². The van der Waals surface area contributed by atoms with Crippen molar-refractivity contribution in [2.75, 3.05) is 13.2 Å². The molecule has 0 aliphatic heterocycles. The van der Waals surface area contributed by atoms with Crippen LogP contribution in [-0.2, 0) is 28.6 Å². The Labute approximate surface area is 483 Å². The molecule has 0 spiro atoms. The average molecular weight is 1090 g/mol. The maximum Gasteiger partial charge on any atom is 0.306 e. The molecule has 0 saturated heterocycles. The smallest absolute Gasteiger partial charge is 0.306 e. The molecule has 6 nitrogen and oxygen atoms in total. The summed E-state index contributed by atoms with van der Waals surface area (Å²) in [7, 11) is 0. The number of hydrogen-bond donors (Lipinski definition) is 0. The molecule has 0 aliphatic rings. The first-order chi connectivity index (χ1) is 38.5. The van der Waals surface area contributed by atoms with Crippen molar-refractivity contribution in [3.8, 4) is 0 Å². The highest BCUT2D eigenvalue weighted by Gasteiger charge is 2.19. The monoisotopic (exact) mass is 1080 g/mol. The normalized spacial score (nSPS) is 12.7. The lowest BCUT2D eigenvalue weighted by atomic mass is 10.0. The standard InChI is InChI=1S/C72H124O6/c1-4-7-10-13-16-18-20-22-24-26-28-30-32-34-35-36-37-39-40-42-44-46-48-50-52-54-56-59-62-65-71(74)77-68-69(67-76-70(73)64-61-58-15-12-9-6-3)78-72(75)66-63-60-57-55-53-51-49-47-45-43-41-38-33-31-29-27-25-23-21-19-17-14-11-8-5-2/h7,10,16,18,21-24,27-30,33-35,38,69H,4-6,8-9,11-15,17,19-20,25-26,31-32,36-37,39-68H2,1-3H3/b10-7-,18-16-,23-21-,24-22-,29-27-,30-28-,35-34-,38-33-. The maximum absolute atomic E-state index is 12.9. The molecule has 0 heterocycles. The minimum absolute atomic E-state index is 0.0773. The first-order valence-electron chi connectivity index (χ1n) is 33.2. The Balaban J connectivity index is 4.07. The quantitative estimate of drug-likeness (QED) is 0.0261. The fourth-order valence-electron chi connectivity index (χ4n) is 9.36. The second kappa shape index (κ2) is 65.8. The van der Waals surface area contributed by atoms with E-state index in [1.807, 2.05) is 0 Å². The molecule has 0 N–H and O–H groups in total. The maximum atomic E-state index is 12.9. The van der Waals surface area contributed by atoms with E-state index >= 15 is 0 Å². The third-order valence-corrected chi connectivity index (χ3v) is 14.3. The summed E-state index contributed by atoms with van der Waals surface area (Å²) in [5.74, 6) is -0.882. The molecule has 0 fully saturated rings. The molecule has 0 amide bonds. The second-order valence-electron chi connectivity index (χ2n) is 22.0. The number of carbonyl (C=O) groups excluding carboxylic acids is 3. The van der Waals surface area contributed by atoms with E-state index in [9.17, 15) is 14.4 Å². The molecule has 0 radical (unpaired) electrons. The minimum atomic E-state index is -0.777. The van der Waals surface area contributed by atoms with Gasteiger partial charge in [0.2, 0.25) is 0 Å². The third kappa shape index (κ3) is 63.2. The van der Waals surface area contributed by atoms with Crippen LogP contribution in [0.1, 0.15) is 323 Å². The van der Waals surface area contributed by atoms with Crippen LogP contribution >= 0.6 is 0 Å². The summed E-state index contributed by atoms with van der Waals surface area (Å²) in [6.07, 6.45) is 88.8. The molecule has 1 unspecified atom stereocenters. The van der Waals surface area contributed by atoms with Crippen LogP contribution < -0.4 is 0 Å². The molecular formula is C72H124O6. The summed E-state index contributed by atoms with van der Waals surface area (Å²) in [5.41, 5.74) is 0. The number of rotatable bonds is 60. The predicted molar refractivity (Wildman–Crippen MR) is 339 cm³/mol. The fraction of sp³-hybridized carbons (Fsp3) is 0.736. The highest BCUT2D eigenvalue weighted by molar-refractivity contribution is 5.71. The van der Waals surface area contributed by atoms with Crippen molar-refractivity contribution < 1.29 is 28.6 Å². The largest absolute Gasteiger partial charge is 0.462 e. The Morgan fingerprint density at radius 3 is 0.782 bits per heavy atom. The molecule has 0 aliphatic carbocycles. The van der Waals surface area contributed by atoms with Crippen molar-refractivity contribution in [1.29, 1.82) is 0 Å². The highest BCUT2D eigenvalue weighted by Crippen LogP contribution is 2.17. The van der Waals surface area contributed by atoms with E-state index in [2.05, 4.69) is 118 Å². The Bertz CT molecular complexity index is 1530. The van der Waals surface area contributed by atoms with Crippen molar-refractivity contribution in [2.45, 2.75) is 329 Å². The Kier molecular flexibility index (Phi) is 62.7. The van der Waals surface area contributed by atoms with E-state index in [1.165, 1.54) is 180 Å². The van der Waals surface area contributed by atoms with Gasteiger partial charge >= 0.3 is 17.9 Å². The van der Waals surface area contributed by atoms with Crippen LogP contribution in [0.4, 0.5) is 0 Å². The topological polar surface area (TPSA) is 78.9 Å². The van der Waals surface area contributed by atoms with Crippen molar-refractivity contribution >= 4 is 17.9 Å². The molecular weight excluding hydrogens is 961 g/mol. The lowest BCUT2D eigenvalue weighted by molar-refractivity contribution is -0.167. The lowest BCUT2D eigenvalue weighted by Gasteiger charge is -2.18. The number of esters is 3. The predicted octanol–water partition coefficient (Wildman–Crippen LogP) is 22.8. The Hall–Kier alpha value is -3.67. The van der Waals surface area contributed by atoms with Gasteiger partial charge in [-0.3, -0.25) is 14.4 Å². The number of unbranched alkanes of at least 4 members (excludes halogenated alkanes) is 33. The summed E-state index contributed by atoms with van der Waals surface area (Å²) in [6.45, 7) is 6.48. The van der Waals surface area contributed by atoms with Gasteiger partial charge in [-0.25, -0.2) is 0 Å². The number of allylic oxidation sites excluding steroid dienone is 16. The Morgan fingerprint density at radius 2 is 0.500 bits per heavy atom. The van der Waals surface area contributed by atoms with Gasteiger partial charge < -0.3 is 14.2 Å². The zero-order chi connectivity index (χ0) is 56.4. The van der Waals surface area contributed by atoms with Gasteiger partial charge in [0.25, 0.3) is 0 Å². The highest BCUT2D eigenvalue weighted by atomic mass is 16.6. The lowest BCUT2D eigenvalue weighted by Crippen LogP contribution is -2.30. The van der Waals surface area contributed by atoms with E-state index in [1.54, 1.807) is 0 Å². The fourth-order valence-corrected chi connectivity index (χ4v) is 9.36. The van der Waals surface area contributed by atoms with Gasteiger partial charge in [0.05, 0.1) is 0 Å². The molecule has 0 saturated carbocycles. The zero-order valence-electron chi connectivity index (χ0n) is 51.4. The average Bonchev–Trinajstić information content (AvgIpc) is 3.44. The van der Waals surface area contributed by atoms with Crippen LogP contribution in [0.25, 0.3) is 0 Å². The van der Waals surface area contributed by atoms with Gasteiger partial charge in [-0.1, -0.05) is 298 Å². The third-order valence-electron chi connectivity index (χ3n) is 14.3.